The molecular weight excluding hydrogens is 216 g/mol. The van der Waals surface area contributed by atoms with E-state index in [0.29, 0.717) is 24.4 Å². The number of ether oxygens (including phenoxy) is 3. The summed E-state index contributed by atoms with van der Waals surface area (Å²) >= 11 is 0. The van der Waals surface area contributed by atoms with E-state index in [1.165, 1.54) is 25.7 Å². The number of hydrogen-bond acceptors (Lipinski definition) is 3. The van der Waals surface area contributed by atoms with Gasteiger partial charge >= 0.3 is 0 Å². The molecule has 3 heteroatoms. The van der Waals surface area contributed by atoms with Gasteiger partial charge in [0.25, 0.3) is 0 Å². The molecule has 0 aromatic carbocycles. The maximum absolute atomic E-state index is 6.27. The molecule has 17 heavy (non-hydrogen) atoms. The van der Waals surface area contributed by atoms with Gasteiger partial charge in [-0.25, -0.2) is 0 Å². The van der Waals surface area contributed by atoms with Crippen LogP contribution in [0.2, 0.25) is 0 Å². The summed E-state index contributed by atoms with van der Waals surface area (Å²) in [4.78, 5) is 0. The van der Waals surface area contributed by atoms with E-state index in [1.807, 2.05) is 14.2 Å². The van der Waals surface area contributed by atoms with Gasteiger partial charge in [0.05, 0.1) is 24.4 Å². The van der Waals surface area contributed by atoms with Crippen LogP contribution >= 0.6 is 0 Å². The van der Waals surface area contributed by atoms with Crippen LogP contribution in [0.3, 0.4) is 0 Å². The van der Waals surface area contributed by atoms with Crippen LogP contribution in [0.15, 0.2) is 0 Å². The number of methoxy groups -OCH3 is 2. The maximum atomic E-state index is 6.27. The van der Waals surface area contributed by atoms with Crippen molar-refractivity contribution in [1.82, 2.24) is 0 Å². The molecule has 0 bridgehead atoms. The summed E-state index contributed by atoms with van der Waals surface area (Å²) in [6.45, 7) is 0. The molecular formula is C14H24O3. The average Bonchev–Trinajstić information content (AvgIpc) is 2.74. The molecule has 1 saturated heterocycles. The predicted molar refractivity (Wildman–Crippen MR) is 64.9 cm³/mol. The smallest absolute Gasteiger partial charge is 0.0635 e. The second-order valence-corrected chi connectivity index (χ2v) is 5.88. The molecule has 0 aromatic rings. The van der Waals surface area contributed by atoms with Crippen molar-refractivity contribution < 1.29 is 14.2 Å². The van der Waals surface area contributed by atoms with E-state index in [4.69, 9.17) is 14.2 Å². The van der Waals surface area contributed by atoms with Gasteiger partial charge in [0.1, 0.15) is 0 Å². The third-order valence-electron chi connectivity index (χ3n) is 5.16. The van der Waals surface area contributed by atoms with Crippen molar-refractivity contribution in [2.45, 2.75) is 62.9 Å². The Morgan fingerprint density at radius 3 is 1.65 bits per heavy atom. The Bertz CT molecular complexity index is 242. The normalized spacial score (nSPS) is 49.8. The van der Waals surface area contributed by atoms with Crippen molar-refractivity contribution in [1.29, 1.82) is 0 Å². The quantitative estimate of drug-likeness (QED) is 0.741. The molecule has 98 valence electrons. The SMILES string of the molecule is COC1CCC2C(C1)OC1CC(OC)CCC12. The molecule has 1 aliphatic heterocycles. The second kappa shape index (κ2) is 4.87. The largest absolute Gasteiger partial charge is 0.381 e. The fourth-order valence-electron chi connectivity index (χ4n) is 4.18. The Kier molecular flexibility index (Phi) is 3.42. The van der Waals surface area contributed by atoms with E-state index < -0.39 is 0 Å². The minimum Gasteiger partial charge on any atom is -0.381 e. The highest BCUT2D eigenvalue weighted by Gasteiger charge is 2.48. The summed E-state index contributed by atoms with van der Waals surface area (Å²) in [6, 6.07) is 0. The molecule has 0 spiro atoms. The van der Waals surface area contributed by atoms with Crippen LogP contribution in [0.4, 0.5) is 0 Å². The van der Waals surface area contributed by atoms with E-state index in [2.05, 4.69) is 0 Å². The Morgan fingerprint density at radius 1 is 0.765 bits per heavy atom. The molecule has 0 aromatic heterocycles. The molecule has 0 amide bonds. The number of fused-ring (bicyclic) bond motifs is 3. The molecule has 3 fully saturated rings. The first-order valence-corrected chi connectivity index (χ1v) is 7.03. The molecule has 3 nitrogen and oxygen atoms in total. The summed E-state index contributed by atoms with van der Waals surface area (Å²) < 4.78 is 17.3. The second-order valence-electron chi connectivity index (χ2n) is 5.88. The van der Waals surface area contributed by atoms with E-state index in [9.17, 15) is 0 Å². The van der Waals surface area contributed by atoms with E-state index >= 15 is 0 Å². The minimum atomic E-state index is 0.426. The highest BCUT2D eigenvalue weighted by Crippen LogP contribution is 2.48. The van der Waals surface area contributed by atoms with E-state index in [0.717, 1.165) is 24.7 Å². The highest BCUT2D eigenvalue weighted by molar-refractivity contribution is 4.97. The Morgan fingerprint density at radius 2 is 1.24 bits per heavy atom. The number of hydrogen-bond donors (Lipinski definition) is 0. The van der Waals surface area contributed by atoms with Crippen molar-refractivity contribution in [3.05, 3.63) is 0 Å². The first-order chi connectivity index (χ1) is 8.31. The standard InChI is InChI=1S/C14H24O3/c1-15-9-3-5-11-12-6-4-10(16-2)8-14(12)17-13(11)7-9/h9-14H,3-8H2,1-2H3. The first kappa shape index (κ1) is 11.9. The zero-order chi connectivity index (χ0) is 11.8. The summed E-state index contributed by atoms with van der Waals surface area (Å²) in [7, 11) is 3.65. The lowest BCUT2D eigenvalue weighted by Gasteiger charge is -2.34. The first-order valence-electron chi connectivity index (χ1n) is 7.03. The van der Waals surface area contributed by atoms with Gasteiger partial charge in [0.2, 0.25) is 0 Å². The van der Waals surface area contributed by atoms with Gasteiger partial charge in [0.15, 0.2) is 0 Å². The lowest BCUT2D eigenvalue weighted by molar-refractivity contribution is -0.0545. The van der Waals surface area contributed by atoms with E-state index in [1.54, 1.807) is 0 Å². The fraction of sp³-hybridized carbons (Fsp3) is 1.00. The van der Waals surface area contributed by atoms with Crippen LogP contribution < -0.4 is 0 Å². The van der Waals surface area contributed by atoms with Crippen molar-refractivity contribution in [3.8, 4) is 0 Å². The fourth-order valence-corrected chi connectivity index (χ4v) is 4.18. The highest BCUT2D eigenvalue weighted by atomic mass is 16.5. The van der Waals surface area contributed by atoms with Crippen LogP contribution in [0.25, 0.3) is 0 Å². The van der Waals surface area contributed by atoms with Crippen LogP contribution in [0.5, 0.6) is 0 Å². The van der Waals surface area contributed by atoms with Gasteiger partial charge < -0.3 is 14.2 Å². The summed E-state index contributed by atoms with van der Waals surface area (Å²) in [5.74, 6) is 1.59. The molecule has 2 saturated carbocycles. The Hall–Kier alpha value is -0.120. The topological polar surface area (TPSA) is 27.7 Å². The number of rotatable bonds is 2. The van der Waals surface area contributed by atoms with Crippen molar-refractivity contribution >= 4 is 0 Å². The van der Waals surface area contributed by atoms with Gasteiger partial charge in [-0.15, -0.1) is 0 Å². The van der Waals surface area contributed by atoms with Crippen LogP contribution in [0.1, 0.15) is 38.5 Å². The monoisotopic (exact) mass is 240 g/mol. The van der Waals surface area contributed by atoms with Crippen LogP contribution in [-0.4, -0.2) is 38.6 Å². The van der Waals surface area contributed by atoms with Crippen molar-refractivity contribution in [2.24, 2.45) is 11.8 Å². The minimum absolute atomic E-state index is 0.426. The molecule has 6 atom stereocenters. The Labute approximate surface area is 104 Å². The maximum Gasteiger partial charge on any atom is 0.0635 e. The van der Waals surface area contributed by atoms with Gasteiger partial charge in [0, 0.05) is 27.1 Å². The van der Waals surface area contributed by atoms with Crippen LogP contribution in [0, 0.1) is 11.8 Å². The molecule has 3 rings (SSSR count). The third-order valence-corrected chi connectivity index (χ3v) is 5.16. The van der Waals surface area contributed by atoms with Gasteiger partial charge in [-0.2, -0.15) is 0 Å². The summed E-state index contributed by atoms with van der Waals surface area (Å²) in [6.07, 6.45) is 9.00. The van der Waals surface area contributed by atoms with Crippen LogP contribution in [-0.2, 0) is 14.2 Å². The zero-order valence-corrected chi connectivity index (χ0v) is 10.9. The molecule has 1 heterocycles. The lowest BCUT2D eigenvalue weighted by atomic mass is 9.72. The Balaban J connectivity index is 1.65. The van der Waals surface area contributed by atoms with Gasteiger partial charge in [-0.05, 0) is 37.5 Å². The summed E-state index contributed by atoms with van der Waals surface area (Å²) in [5.41, 5.74) is 0. The zero-order valence-electron chi connectivity index (χ0n) is 10.9. The molecule has 0 N–H and O–H groups in total. The van der Waals surface area contributed by atoms with Gasteiger partial charge in [-0.1, -0.05) is 0 Å². The predicted octanol–water partition coefficient (Wildman–Crippen LogP) is 2.38. The van der Waals surface area contributed by atoms with Crippen molar-refractivity contribution in [2.75, 3.05) is 14.2 Å². The molecule has 3 aliphatic rings. The summed E-state index contributed by atoms with van der Waals surface area (Å²) in [5, 5.41) is 0. The average molecular weight is 240 g/mol. The lowest BCUT2D eigenvalue weighted by Crippen LogP contribution is -2.34. The van der Waals surface area contributed by atoms with Crippen molar-refractivity contribution in [3.63, 3.8) is 0 Å². The molecule has 6 unspecified atom stereocenters. The molecule has 2 aliphatic carbocycles. The van der Waals surface area contributed by atoms with Gasteiger partial charge in [-0.3, -0.25) is 0 Å². The van der Waals surface area contributed by atoms with E-state index in [-0.39, 0.29) is 0 Å². The third kappa shape index (κ3) is 2.13. The molecule has 0 radical (unpaired) electrons.